The molecule has 0 atom stereocenters. The van der Waals surface area contributed by atoms with E-state index >= 15 is 0 Å². The Kier molecular flexibility index (Phi) is 6.43. The monoisotopic (exact) mass is 391 g/mol. The van der Waals surface area contributed by atoms with Crippen LogP contribution in [0.1, 0.15) is 22.8 Å². The van der Waals surface area contributed by atoms with Crippen LogP contribution in [0.25, 0.3) is 6.08 Å². The first-order valence-corrected chi connectivity index (χ1v) is 9.39. The van der Waals surface area contributed by atoms with Crippen molar-refractivity contribution in [1.29, 1.82) is 0 Å². The average molecular weight is 391 g/mol. The molecule has 2 aromatic rings. The van der Waals surface area contributed by atoms with E-state index in [-0.39, 0.29) is 22.7 Å². The Balaban J connectivity index is 2.07. The molecular weight excluding hydrogens is 373 g/mol. The number of anilines is 1. The van der Waals surface area contributed by atoms with Crippen LogP contribution in [0.3, 0.4) is 0 Å². The van der Waals surface area contributed by atoms with Crippen LogP contribution in [0.4, 0.5) is 10.1 Å². The molecular formula is C18H18FN3O4S. The summed E-state index contributed by atoms with van der Waals surface area (Å²) in [5, 5.41) is 2.48. The smallest absolute Gasteiger partial charge is 0.251 e. The van der Waals surface area contributed by atoms with Gasteiger partial charge >= 0.3 is 0 Å². The van der Waals surface area contributed by atoms with Gasteiger partial charge in [-0.25, -0.2) is 17.5 Å². The molecule has 0 aliphatic carbocycles. The van der Waals surface area contributed by atoms with Crippen molar-refractivity contribution in [1.82, 2.24) is 4.72 Å². The summed E-state index contributed by atoms with van der Waals surface area (Å²) in [6.45, 7) is 1.96. The second-order valence-electron chi connectivity index (χ2n) is 5.45. The summed E-state index contributed by atoms with van der Waals surface area (Å²) in [6, 6.07) is 9.43. The van der Waals surface area contributed by atoms with Crippen molar-refractivity contribution in [3.8, 4) is 0 Å². The molecule has 0 unspecified atom stereocenters. The molecule has 0 fully saturated rings. The van der Waals surface area contributed by atoms with Gasteiger partial charge in [0, 0.05) is 18.3 Å². The third kappa shape index (κ3) is 5.47. The number of nitrogens with two attached hydrogens (primary N) is 1. The van der Waals surface area contributed by atoms with E-state index < -0.39 is 27.7 Å². The number of benzene rings is 2. The van der Waals surface area contributed by atoms with Crippen LogP contribution in [0, 0.1) is 5.82 Å². The molecule has 9 heteroatoms. The van der Waals surface area contributed by atoms with E-state index in [1.165, 1.54) is 30.4 Å². The number of rotatable bonds is 7. The van der Waals surface area contributed by atoms with Crippen LogP contribution in [0.5, 0.6) is 0 Å². The molecule has 7 nitrogen and oxygen atoms in total. The summed E-state index contributed by atoms with van der Waals surface area (Å²) >= 11 is 0. The lowest BCUT2D eigenvalue weighted by Crippen LogP contribution is -2.22. The number of primary amides is 1. The van der Waals surface area contributed by atoms with Crippen molar-refractivity contribution < 1.29 is 22.4 Å². The Morgan fingerprint density at radius 2 is 1.81 bits per heavy atom. The van der Waals surface area contributed by atoms with Gasteiger partial charge in [0.05, 0.1) is 10.5 Å². The van der Waals surface area contributed by atoms with E-state index in [4.69, 9.17) is 5.73 Å². The number of nitrogens with one attached hydrogen (secondary N) is 2. The van der Waals surface area contributed by atoms with E-state index in [0.29, 0.717) is 5.56 Å². The SMILES string of the molecule is CCNS(=O)(=O)c1ccc(/C=C/C(=O)Nc2ccc(F)c(C(N)=O)c2)cc1. The first-order chi connectivity index (χ1) is 12.7. The standard InChI is InChI=1S/C18H18FN3O4S/c1-2-21-27(25,26)14-7-3-12(4-8-14)5-10-17(23)22-13-6-9-16(19)15(11-13)18(20)24/h3-11,21H,2H2,1H3,(H2,20,24)(H,22,23)/b10-5+. The summed E-state index contributed by atoms with van der Waals surface area (Å²) in [4.78, 5) is 23.2. The average Bonchev–Trinajstić information content (AvgIpc) is 2.61. The Hall–Kier alpha value is -3.04. The summed E-state index contributed by atoms with van der Waals surface area (Å²) in [7, 11) is -3.54. The van der Waals surface area contributed by atoms with Crippen LogP contribution in [-0.4, -0.2) is 26.8 Å². The quantitative estimate of drug-likeness (QED) is 0.624. The number of hydrogen-bond acceptors (Lipinski definition) is 4. The van der Waals surface area contributed by atoms with Gasteiger partial charge in [0.2, 0.25) is 15.9 Å². The van der Waals surface area contributed by atoms with Gasteiger partial charge in [-0.2, -0.15) is 0 Å². The lowest BCUT2D eigenvalue weighted by atomic mass is 10.1. The fraction of sp³-hybridized carbons (Fsp3) is 0.111. The highest BCUT2D eigenvalue weighted by atomic mass is 32.2. The zero-order chi connectivity index (χ0) is 20.0. The Morgan fingerprint density at radius 3 is 2.41 bits per heavy atom. The fourth-order valence-corrected chi connectivity index (χ4v) is 3.22. The van der Waals surface area contributed by atoms with Crippen molar-refractivity contribution in [3.63, 3.8) is 0 Å². The van der Waals surface area contributed by atoms with Gasteiger partial charge in [0.1, 0.15) is 5.82 Å². The molecule has 2 rings (SSSR count). The molecule has 0 aromatic heterocycles. The highest BCUT2D eigenvalue weighted by Gasteiger charge is 2.12. The summed E-state index contributed by atoms with van der Waals surface area (Å²) in [6.07, 6.45) is 2.71. The number of hydrogen-bond donors (Lipinski definition) is 3. The van der Waals surface area contributed by atoms with Gasteiger partial charge < -0.3 is 11.1 Å². The molecule has 0 saturated heterocycles. The number of carbonyl (C=O) groups excluding carboxylic acids is 2. The molecule has 0 heterocycles. The molecule has 0 bridgehead atoms. The van der Waals surface area contributed by atoms with Crippen LogP contribution in [-0.2, 0) is 14.8 Å². The Labute approximate surface area is 156 Å². The predicted molar refractivity (Wildman–Crippen MR) is 99.9 cm³/mol. The highest BCUT2D eigenvalue weighted by molar-refractivity contribution is 7.89. The molecule has 0 saturated carbocycles. The van der Waals surface area contributed by atoms with Gasteiger partial charge in [-0.05, 0) is 42.0 Å². The Bertz CT molecular complexity index is 986. The van der Waals surface area contributed by atoms with Gasteiger partial charge in [-0.15, -0.1) is 0 Å². The number of sulfonamides is 1. The van der Waals surface area contributed by atoms with Crippen LogP contribution < -0.4 is 15.8 Å². The molecule has 0 spiro atoms. The second kappa shape index (κ2) is 8.56. The van der Waals surface area contributed by atoms with E-state index in [2.05, 4.69) is 10.0 Å². The minimum atomic E-state index is -3.54. The summed E-state index contributed by atoms with van der Waals surface area (Å²) in [5.41, 5.74) is 5.56. The summed E-state index contributed by atoms with van der Waals surface area (Å²) < 4.78 is 39.5. The van der Waals surface area contributed by atoms with Crippen molar-refractivity contribution in [2.24, 2.45) is 5.73 Å². The van der Waals surface area contributed by atoms with Crippen molar-refractivity contribution >= 4 is 33.6 Å². The van der Waals surface area contributed by atoms with E-state index in [1.54, 1.807) is 19.1 Å². The zero-order valence-corrected chi connectivity index (χ0v) is 15.2. The molecule has 0 aliphatic rings. The van der Waals surface area contributed by atoms with E-state index in [1.807, 2.05) is 0 Å². The maximum absolute atomic E-state index is 13.4. The molecule has 2 amide bonds. The van der Waals surface area contributed by atoms with E-state index in [9.17, 15) is 22.4 Å². The maximum Gasteiger partial charge on any atom is 0.251 e. The number of halogens is 1. The third-order valence-electron chi connectivity index (χ3n) is 3.45. The van der Waals surface area contributed by atoms with Crippen molar-refractivity contribution in [2.75, 3.05) is 11.9 Å². The van der Waals surface area contributed by atoms with Gasteiger partial charge in [0.25, 0.3) is 5.91 Å². The molecule has 2 aromatic carbocycles. The fourth-order valence-electron chi connectivity index (χ4n) is 2.18. The Morgan fingerprint density at radius 1 is 1.15 bits per heavy atom. The lowest BCUT2D eigenvalue weighted by Gasteiger charge is -2.05. The minimum Gasteiger partial charge on any atom is -0.366 e. The normalized spacial score (nSPS) is 11.5. The molecule has 4 N–H and O–H groups in total. The number of carbonyl (C=O) groups is 2. The molecule has 0 aliphatic heterocycles. The third-order valence-corrected chi connectivity index (χ3v) is 5.01. The molecule has 0 radical (unpaired) electrons. The molecule has 27 heavy (non-hydrogen) atoms. The second-order valence-corrected chi connectivity index (χ2v) is 7.22. The van der Waals surface area contributed by atoms with Crippen LogP contribution in [0.2, 0.25) is 0 Å². The zero-order valence-electron chi connectivity index (χ0n) is 14.4. The first-order valence-electron chi connectivity index (χ1n) is 7.91. The van der Waals surface area contributed by atoms with E-state index in [0.717, 1.165) is 12.1 Å². The topological polar surface area (TPSA) is 118 Å². The highest BCUT2D eigenvalue weighted by Crippen LogP contribution is 2.15. The first kappa shape index (κ1) is 20.3. The lowest BCUT2D eigenvalue weighted by molar-refractivity contribution is -0.111. The van der Waals surface area contributed by atoms with Gasteiger partial charge in [-0.3, -0.25) is 9.59 Å². The predicted octanol–water partition coefficient (Wildman–Crippen LogP) is 1.87. The largest absolute Gasteiger partial charge is 0.366 e. The minimum absolute atomic E-state index is 0.122. The van der Waals surface area contributed by atoms with Gasteiger partial charge in [0.15, 0.2) is 0 Å². The van der Waals surface area contributed by atoms with Crippen molar-refractivity contribution in [2.45, 2.75) is 11.8 Å². The number of amides is 2. The molecule has 142 valence electrons. The van der Waals surface area contributed by atoms with Crippen LogP contribution in [0.15, 0.2) is 53.4 Å². The summed E-state index contributed by atoms with van der Waals surface area (Å²) in [5.74, 6) is -2.23. The van der Waals surface area contributed by atoms with Gasteiger partial charge in [-0.1, -0.05) is 19.1 Å². The van der Waals surface area contributed by atoms with Crippen LogP contribution >= 0.6 is 0 Å². The van der Waals surface area contributed by atoms with Crippen molar-refractivity contribution in [3.05, 3.63) is 65.5 Å². The maximum atomic E-state index is 13.4.